The molecule has 112 valence electrons. The second-order valence-corrected chi connectivity index (χ2v) is 7.12. The summed E-state index contributed by atoms with van der Waals surface area (Å²) < 4.78 is 0. The van der Waals surface area contributed by atoms with Crippen LogP contribution < -0.4 is 5.32 Å². The number of hydrogen-bond acceptors (Lipinski definition) is 2. The summed E-state index contributed by atoms with van der Waals surface area (Å²) in [6, 6.07) is -0.0202. The minimum Gasteiger partial charge on any atom is -0.480 e. The summed E-state index contributed by atoms with van der Waals surface area (Å²) in [5.74, 6) is 0.214. The van der Waals surface area contributed by atoms with E-state index in [1.54, 1.807) is 0 Å². The van der Waals surface area contributed by atoms with Gasteiger partial charge in [-0.25, -0.2) is 0 Å². The first-order valence-electron chi connectivity index (χ1n) is 7.76. The number of nitrogens with one attached hydrogen (secondary N) is 1. The fourth-order valence-corrected chi connectivity index (χ4v) is 3.13. The summed E-state index contributed by atoms with van der Waals surface area (Å²) in [6.07, 6.45) is 5.90. The van der Waals surface area contributed by atoms with E-state index in [2.05, 4.69) is 26.1 Å². The third-order valence-corrected chi connectivity index (χ3v) is 5.09. The van der Waals surface area contributed by atoms with E-state index in [9.17, 15) is 9.90 Å². The molecule has 1 unspecified atom stereocenters. The molecule has 1 saturated carbocycles. The Morgan fingerprint density at radius 3 is 2.16 bits per heavy atom. The SMILES string of the molecule is CCC(C)(C)C1CCC(NC(C(=O)O)C(C)C)CC1. The van der Waals surface area contributed by atoms with Gasteiger partial charge in [0.05, 0.1) is 0 Å². The smallest absolute Gasteiger partial charge is 0.320 e. The molecule has 19 heavy (non-hydrogen) atoms. The van der Waals surface area contributed by atoms with Crippen LogP contribution in [0.4, 0.5) is 0 Å². The first-order chi connectivity index (χ1) is 8.77. The Balaban J connectivity index is 2.48. The third-order valence-electron chi connectivity index (χ3n) is 5.09. The highest BCUT2D eigenvalue weighted by atomic mass is 16.4. The van der Waals surface area contributed by atoms with Crippen LogP contribution in [0.25, 0.3) is 0 Å². The highest BCUT2D eigenvalue weighted by molar-refractivity contribution is 5.73. The molecule has 0 saturated heterocycles. The highest BCUT2D eigenvalue weighted by Gasteiger charge is 2.33. The molecular weight excluding hydrogens is 238 g/mol. The van der Waals surface area contributed by atoms with Crippen molar-refractivity contribution in [2.45, 2.75) is 78.8 Å². The van der Waals surface area contributed by atoms with Crippen molar-refractivity contribution in [2.24, 2.45) is 17.3 Å². The van der Waals surface area contributed by atoms with Crippen LogP contribution in [-0.4, -0.2) is 23.2 Å². The van der Waals surface area contributed by atoms with Gasteiger partial charge in [-0.3, -0.25) is 4.79 Å². The third kappa shape index (κ3) is 4.48. The lowest BCUT2D eigenvalue weighted by Crippen LogP contribution is -2.48. The standard InChI is InChI=1S/C16H31NO2/c1-6-16(4,5)12-7-9-13(10-8-12)17-14(11(2)3)15(18)19/h11-14,17H,6-10H2,1-5H3,(H,18,19). The van der Waals surface area contributed by atoms with Crippen LogP contribution in [0, 0.1) is 17.3 Å². The topological polar surface area (TPSA) is 49.3 Å². The van der Waals surface area contributed by atoms with Crippen LogP contribution in [0.15, 0.2) is 0 Å². The van der Waals surface area contributed by atoms with Crippen molar-refractivity contribution in [3.8, 4) is 0 Å². The first kappa shape index (κ1) is 16.5. The number of carbonyl (C=O) groups is 1. The maximum atomic E-state index is 11.2. The molecule has 0 radical (unpaired) electrons. The second-order valence-electron chi connectivity index (χ2n) is 7.12. The molecule has 1 atom stereocenters. The quantitative estimate of drug-likeness (QED) is 0.773. The van der Waals surface area contributed by atoms with Crippen molar-refractivity contribution in [1.29, 1.82) is 0 Å². The van der Waals surface area contributed by atoms with Crippen LogP contribution >= 0.6 is 0 Å². The van der Waals surface area contributed by atoms with E-state index < -0.39 is 12.0 Å². The van der Waals surface area contributed by atoms with E-state index in [1.165, 1.54) is 19.3 Å². The van der Waals surface area contributed by atoms with Gasteiger partial charge in [-0.15, -0.1) is 0 Å². The molecular formula is C16H31NO2. The largest absolute Gasteiger partial charge is 0.480 e. The van der Waals surface area contributed by atoms with Gasteiger partial charge < -0.3 is 10.4 Å². The molecule has 0 spiro atoms. The van der Waals surface area contributed by atoms with Crippen molar-refractivity contribution in [3.05, 3.63) is 0 Å². The van der Waals surface area contributed by atoms with Gasteiger partial charge in [-0.1, -0.05) is 41.0 Å². The van der Waals surface area contributed by atoms with Crippen molar-refractivity contribution in [2.75, 3.05) is 0 Å². The Morgan fingerprint density at radius 2 is 1.79 bits per heavy atom. The predicted octanol–water partition coefficient (Wildman–Crippen LogP) is 3.68. The number of rotatable bonds is 6. The van der Waals surface area contributed by atoms with E-state index in [0.29, 0.717) is 11.5 Å². The Hall–Kier alpha value is -0.570. The van der Waals surface area contributed by atoms with Crippen LogP contribution in [-0.2, 0) is 4.79 Å². The lowest BCUT2D eigenvalue weighted by atomic mass is 9.69. The molecule has 1 aliphatic rings. The second kappa shape index (κ2) is 6.74. The molecule has 0 amide bonds. The van der Waals surface area contributed by atoms with Gasteiger partial charge in [0.25, 0.3) is 0 Å². The van der Waals surface area contributed by atoms with Crippen molar-refractivity contribution in [1.82, 2.24) is 5.32 Å². The fraction of sp³-hybridized carbons (Fsp3) is 0.938. The maximum Gasteiger partial charge on any atom is 0.320 e. The van der Waals surface area contributed by atoms with E-state index in [4.69, 9.17) is 0 Å². The molecule has 0 aliphatic heterocycles. The predicted molar refractivity (Wildman–Crippen MR) is 79.2 cm³/mol. The van der Waals surface area contributed by atoms with Gasteiger partial charge in [0.15, 0.2) is 0 Å². The molecule has 0 aromatic rings. The summed E-state index contributed by atoms with van der Waals surface area (Å²) in [5, 5.41) is 12.6. The molecule has 1 rings (SSSR count). The maximum absolute atomic E-state index is 11.2. The molecule has 3 heteroatoms. The lowest BCUT2D eigenvalue weighted by Gasteiger charge is -2.40. The van der Waals surface area contributed by atoms with Crippen molar-refractivity contribution in [3.63, 3.8) is 0 Å². The number of carboxylic acid groups (broad SMARTS) is 1. The van der Waals surface area contributed by atoms with Crippen LogP contribution in [0.3, 0.4) is 0 Å². The molecule has 0 heterocycles. The number of aliphatic carboxylic acids is 1. The molecule has 0 bridgehead atoms. The number of carboxylic acids is 1. The zero-order chi connectivity index (χ0) is 14.6. The summed E-state index contributed by atoms with van der Waals surface area (Å²) >= 11 is 0. The minimum atomic E-state index is -0.717. The van der Waals surface area contributed by atoms with Crippen LogP contribution in [0.5, 0.6) is 0 Å². The average molecular weight is 269 g/mol. The summed E-state index contributed by atoms with van der Waals surface area (Å²) in [5.41, 5.74) is 0.426. The molecule has 3 nitrogen and oxygen atoms in total. The summed E-state index contributed by atoms with van der Waals surface area (Å²) in [4.78, 5) is 11.2. The minimum absolute atomic E-state index is 0.141. The Bertz CT molecular complexity index is 291. The Labute approximate surface area is 118 Å². The van der Waals surface area contributed by atoms with Gasteiger partial charge in [0.2, 0.25) is 0 Å². The Morgan fingerprint density at radius 1 is 1.26 bits per heavy atom. The monoisotopic (exact) mass is 269 g/mol. The normalized spacial score (nSPS) is 26.4. The average Bonchev–Trinajstić information content (AvgIpc) is 2.35. The zero-order valence-corrected chi connectivity index (χ0v) is 13.2. The fourth-order valence-electron chi connectivity index (χ4n) is 3.13. The van der Waals surface area contributed by atoms with Crippen LogP contribution in [0.1, 0.15) is 66.7 Å². The molecule has 0 aromatic heterocycles. The molecule has 1 fully saturated rings. The van der Waals surface area contributed by atoms with Gasteiger partial charge in [-0.05, 0) is 42.9 Å². The number of hydrogen-bond donors (Lipinski definition) is 2. The molecule has 2 N–H and O–H groups in total. The highest BCUT2D eigenvalue weighted by Crippen LogP contribution is 2.40. The van der Waals surface area contributed by atoms with E-state index in [-0.39, 0.29) is 5.92 Å². The van der Waals surface area contributed by atoms with Crippen molar-refractivity contribution >= 4 is 5.97 Å². The van der Waals surface area contributed by atoms with E-state index >= 15 is 0 Å². The van der Waals surface area contributed by atoms with Gasteiger partial charge >= 0.3 is 5.97 Å². The zero-order valence-electron chi connectivity index (χ0n) is 13.2. The summed E-state index contributed by atoms with van der Waals surface area (Å²) in [7, 11) is 0. The molecule has 1 aliphatic carbocycles. The Kier molecular flexibility index (Phi) is 5.84. The van der Waals surface area contributed by atoms with Gasteiger partial charge in [-0.2, -0.15) is 0 Å². The van der Waals surface area contributed by atoms with E-state index in [1.807, 2.05) is 13.8 Å². The first-order valence-corrected chi connectivity index (χ1v) is 7.76. The van der Waals surface area contributed by atoms with Gasteiger partial charge in [0, 0.05) is 6.04 Å². The lowest BCUT2D eigenvalue weighted by molar-refractivity contribution is -0.141. The summed E-state index contributed by atoms with van der Waals surface area (Å²) in [6.45, 7) is 10.9. The van der Waals surface area contributed by atoms with E-state index in [0.717, 1.165) is 18.8 Å². The van der Waals surface area contributed by atoms with Gasteiger partial charge in [0.1, 0.15) is 6.04 Å². The molecule has 0 aromatic carbocycles. The van der Waals surface area contributed by atoms with Crippen molar-refractivity contribution < 1.29 is 9.90 Å². The van der Waals surface area contributed by atoms with Crippen LogP contribution in [0.2, 0.25) is 0 Å².